The molecule has 0 aliphatic rings. The van der Waals surface area contributed by atoms with E-state index in [2.05, 4.69) is 10.4 Å². The van der Waals surface area contributed by atoms with Gasteiger partial charge in [0.2, 0.25) is 0 Å². The summed E-state index contributed by atoms with van der Waals surface area (Å²) < 4.78 is 4.79. The monoisotopic (exact) mass is 385 g/mol. The average Bonchev–Trinajstić information content (AvgIpc) is 2.69. The normalized spacial score (nSPS) is 10.5. The topological polar surface area (TPSA) is 146 Å². The highest BCUT2D eigenvalue weighted by atomic mass is 16.6. The van der Waals surface area contributed by atoms with Crippen LogP contribution in [0.25, 0.3) is 0 Å². The molecule has 2 aromatic rings. The predicted molar refractivity (Wildman–Crippen MR) is 98.0 cm³/mol. The molecule has 0 saturated heterocycles. The molecule has 0 heterocycles. The smallest absolute Gasteiger partial charge is 0.329 e. The number of methoxy groups -OCH3 is 1. The van der Waals surface area contributed by atoms with Crippen molar-refractivity contribution < 1.29 is 24.4 Å². The molecule has 0 unspecified atom stereocenters. The highest BCUT2D eigenvalue weighted by Crippen LogP contribution is 2.33. The molecule has 10 heteroatoms. The van der Waals surface area contributed by atoms with Crippen LogP contribution in [0.15, 0.2) is 47.6 Å². The molecule has 2 amide bonds. The van der Waals surface area contributed by atoms with Gasteiger partial charge in [-0.1, -0.05) is 30.3 Å². The predicted octanol–water partition coefficient (Wildman–Crippen LogP) is 0.486. The van der Waals surface area contributed by atoms with Gasteiger partial charge < -0.3 is 15.2 Å². The second-order valence-corrected chi connectivity index (χ2v) is 5.52. The summed E-state index contributed by atoms with van der Waals surface area (Å²) in [6.45, 7) is 0.272. The number of rotatable bonds is 7. The largest absolute Gasteiger partial charge is 0.865 e. The Kier molecular flexibility index (Phi) is 7.03. The number of nitrogens with zero attached hydrogens (tertiary/aromatic N) is 2. The van der Waals surface area contributed by atoms with Crippen molar-refractivity contribution in [2.75, 3.05) is 13.7 Å². The zero-order chi connectivity index (χ0) is 20.5. The summed E-state index contributed by atoms with van der Waals surface area (Å²) in [5.41, 5.74) is 2.48. The van der Waals surface area contributed by atoms with Gasteiger partial charge in [-0.05, 0) is 18.1 Å². The summed E-state index contributed by atoms with van der Waals surface area (Å²) in [6, 6.07) is 11.6. The van der Waals surface area contributed by atoms with E-state index in [0.717, 1.165) is 17.8 Å². The summed E-state index contributed by atoms with van der Waals surface area (Å²) in [7, 11) is 1.20. The zero-order valence-corrected chi connectivity index (χ0v) is 14.9. The van der Waals surface area contributed by atoms with Crippen LogP contribution in [0.5, 0.6) is 11.5 Å². The number of hydrogen-bond acceptors (Lipinski definition) is 7. The number of carbonyl (C=O) groups is 2. The van der Waals surface area contributed by atoms with Crippen molar-refractivity contribution in [3.8, 4) is 11.5 Å². The quantitative estimate of drug-likeness (QED) is 0.307. The van der Waals surface area contributed by atoms with Gasteiger partial charge in [0, 0.05) is 23.9 Å². The number of hydrazone groups is 1. The van der Waals surface area contributed by atoms with Crippen LogP contribution in [0.1, 0.15) is 11.1 Å². The van der Waals surface area contributed by atoms with Crippen LogP contribution in [0.2, 0.25) is 0 Å². The first-order valence-electron chi connectivity index (χ1n) is 8.11. The van der Waals surface area contributed by atoms with Gasteiger partial charge in [-0.25, -0.2) is 5.43 Å². The van der Waals surface area contributed by atoms with E-state index in [1.165, 1.54) is 13.2 Å². The standard InChI is InChI=1S/C18H18N4O6/c1-28-15-10-13(9-14(16(15)23)22(26)27)11-20-21-18(25)17(24)19-8-7-12-5-3-2-4-6-12/h2-6,9-11,23H,7-8H2,1H3,(H,19,24)(H,21,25)/p-1/b20-11-. The van der Waals surface area contributed by atoms with Crippen LogP contribution in [0.3, 0.4) is 0 Å². The number of benzene rings is 2. The molecule has 0 spiro atoms. The Morgan fingerprint density at radius 1 is 1.21 bits per heavy atom. The zero-order valence-electron chi connectivity index (χ0n) is 14.9. The molecule has 2 aromatic carbocycles. The number of nitro benzene ring substituents is 1. The first-order chi connectivity index (χ1) is 13.4. The Morgan fingerprint density at radius 3 is 2.57 bits per heavy atom. The maximum absolute atomic E-state index is 11.7. The molecule has 0 atom stereocenters. The lowest BCUT2D eigenvalue weighted by Crippen LogP contribution is -2.38. The maximum Gasteiger partial charge on any atom is 0.329 e. The van der Waals surface area contributed by atoms with Gasteiger partial charge in [0.1, 0.15) is 5.75 Å². The fraction of sp³-hybridized carbons (Fsp3) is 0.167. The van der Waals surface area contributed by atoms with E-state index < -0.39 is 28.2 Å². The summed E-state index contributed by atoms with van der Waals surface area (Å²) >= 11 is 0. The van der Waals surface area contributed by atoms with E-state index in [9.17, 15) is 24.8 Å². The third-order valence-corrected chi connectivity index (χ3v) is 3.60. The van der Waals surface area contributed by atoms with Crippen LogP contribution in [0, 0.1) is 10.1 Å². The molecule has 2 N–H and O–H groups in total. The lowest BCUT2D eigenvalue weighted by molar-refractivity contribution is -0.398. The Balaban J connectivity index is 1.91. The summed E-state index contributed by atoms with van der Waals surface area (Å²) in [5.74, 6) is -2.97. The second kappa shape index (κ2) is 9.67. The second-order valence-electron chi connectivity index (χ2n) is 5.52. The van der Waals surface area contributed by atoms with Gasteiger partial charge in [0.15, 0.2) is 0 Å². The molecule has 146 valence electrons. The molecule has 0 bridgehead atoms. The van der Waals surface area contributed by atoms with E-state index >= 15 is 0 Å². The molecule has 0 aliphatic carbocycles. The van der Waals surface area contributed by atoms with Gasteiger partial charge in [-0.15, -0.1) is 0 Å². The SMILES string of the molecule is COc1cc(/C=N\NC(=O)C(=O)NCCc2ccccc2)cc([N+](=O)[O-])c1[O-]. The molecular formula is C18H17N4O6-. The van der Waals surface area contributed by atoms with Gasteiger partial charge in [-0.3, -0.25) is 19.7 Å². The number of carbonyl (C=O) groups excluding carboxylic acids is 2. The molecule has 0 radical (unpaired) electrons. The Hall–Kier alpha value is -3.95. The van der Waals surface area contributed by atoms with Crippen molar-refractivity contribution in [2.45, 2.75) is 6.42 Å². The molecule has 0 fully saturated rings. The molecule has 0 aromatic heterocycles. The third kappa shape index (κ3) is 5.53. The summed E-state index contributed by atoms with van der Waals surface area (Å²) in [4.78, 5) is 33.5. The summed E-state index contributed by atoms with van der Waals surface area (Å²) in [6.07, 6.45) is 1.62. The van der Waals surface area contributed by atoms with Gasteiger partial charge in [0.25, 0.3) is 5.69 Å². The minimum atomic E-state index is -0.994. The number of hydrogen-bond donors (Lipinski definition) is 2. The fourth-order valence-electron chi connectivity index (χ4n) is 2.23. The molecular weight excluding hydrogens is 368 g/mol. The molecule has 28 heavy (non-hydrogen) atoms. The molecule has 0 aliphatic heterocycles. The van der Waals surface area contributed by atoms with Crippen LogP contribution in [-0.4, -0.2) is 36.6 Å². The third-order valence-electron chi connectivity index (χ3n) is 3.60. The van der Waals surface area contributed by atoms with Crippen molar-refractivity contribution in [3.63, 3.8) is 0 Å². The van der Waals surface area contributed by atoms with Gasteiger partial charge >= 0.3 is 11.8 Å². The van der Waals surface area contributed by atoms with E-state index in [1.54, 1.807) is 0 Å². The van der Waals surface area contributed by atoms with E-state index in [4.69, 9.17) is 4.74 Å². The van der Waals surface area contributed by atoms with E-state index in [-0.39, 0.29) is 17.9 Å². The van der Waals surface area contributed by atoms with Crippen molar-refractivity contribution in [2.24, 2.45) is 5.10 Å². The van der Waals surface area contributed by atoms with Gasteiger partial charge in [0.05, 0.1) is 18.2 Å². The fourth-order valence-corrected chi connectivity index (χ4v) is 2.23. The number of nitro groups is 1. The van der Waals surface area contributed by atoms with Crippen molar-refractivity contribution in [1.29, 1.82) is 0 Å². The number of amides is 2. The van der Waals surface area contributed by atoms with Crippen LogP contribution in [0.4, 0.5) is 5.69 Å². The minimum absolute atomic E-state index is 0.146. The molecule has 2 rings (SSSR count). The lowest BCUT2D eigenvalue weighted by Gasteiger charge is -2.12. The number of ether oxygens (including phenoxy) is 1. The average molecular weight is 385 g/mol. The Labute approximate surface area is 160 Å². The van der Waals surface area contributed by atoms with Crippen molar-refractivity contribution in [3.05, 3.63) is 63.7 Å². The lowest BCUT2D eigenvalue weighted by atomic mass is 10.1. The first-order valence-corrected chi connectivity index (χ1v) is 8.11. The van der Waals surface area contributed by atoms with Crippen molar-refractivity contribution in [1.82, 2.24) is 10.7 Å². The van der Waals surface area contributed by atoms with E-state index in [1.807, 2.05) is 35.8 Å². The highest BCUT2D eigenvalue weighted by Gasteiger charge is 2.14. The van der Waals surface area contributed by atoms with Crippen molar-refractivity contribution >= 4 is 23.7 Å². The Bertz CT molecular complexity index is 898. The molecule has 10 nitrogen and oxygen atoms in total. The maximum atomic E-state index is 11.7. The van der Waals surface area contributed by atoms with Crippen LogP contribution in [-0.2, 0) is 16.0 Å². The molecule has 0 saturated carbocycles. The van der Waals surface area contributed by atoms with Crippen LogP contribution >= 0.6 is 0 Å². The van der Waals surface area contributed by atoms with Gasteiger partial charge in [-0.2, -0.15) is 5.10 Å². The van der Waals surface area contributed by atoms with Crippen LogP contribution < -0.4 is 20.6 Å². The van der Waals surface area contributed by atoms with E-state index in [0.29, 0.717) is 6.42 Å². The highest BCUT2D eigenvalue weighted by molar-refractivity contribution is 6.35. The number of nitrogens with one attached hydrogen (secondary N) is 2. The Morgan fingerprint density at radius 2 is 1.93 bits per heavy atom. The minimum Gasteiger partial charge on any atom is -0.865 e. The first kappa shape index (κ1) is 20.4. The summed E-state index contributed by atoms with van der Waals surface area (Å²) in [5, 5.41) is 28.7.